The fourth-order valence-corrected chi connectivity index (χ4v) is 3.32. The third kappa shape index (κ3) is 12.2. The Labute approximate surface area is 213 Å². The summed E-state index contributed by atoms with van der Waals surface area (Å²) in [4.78, 5) is 72.2. The molecule has 14 nitrogen and oxygen atoms in total. The molecular weight excluding hydrogens is 498 g/mol. The summed E-state index contributed by atoms with van der Waals surface area (Å²) >= 11 is 1.45. The first-order valence-corrected chi connectivity index (χ1v) is 12.7. The molecule has 206 valence electrons. The van der Waals surface area contributed by atoms with Crippen LogP contribution in [-0.4, -0.2) is 99.7 Å². The van der Waals surface area contributed by atoms with E-state index in [1.165, 1.54) is 18.7 Å². The topological polar surface area (TPSA) is 237 Å². The maximum atomic E-state index is 12.9. The van der Waals surface area contributed by atoms with E-state index >= 15 is 0 Å². The van der Waals surface area contributed by atoms with Gasteiger partial charge in [0.25, 0.3) is 0 Å². The van der Waals surface area contributed by atoms with Crippen LogP contribution in [0.1, 0.15) is 40.0 Å². The summed E-state index contributed by atoms with van der Waals surface area (Å²) in [6.07, 6.45) is 1.17. The molecule has 0 bridgehead atoms. The third-order valence-corrected chi connectivity index (χ3v) is 5.63. The fraction of sp³-hybridized carbons (Fsp3) is 0.714. The monoisotopic (exact) mass is 535 g/mol. The standard InChI is InChI=1S/C21H37N5O9S/c1-10(2)16(26-18(31)12(7-8-36-4)23-17(30)11(3)22)20(33)25-14(9-27)19(32)24-13(21(34)35)5-6-15(28)29/h10-14,16,27H,5-9,22H2,1-4H3,(H,23,30)(H,24,32)(H,25,33)(H,26,31)(H,28,29)(H,34,35)/t11-,12-,13-,14-,16-/m0/s1. The number of hydrogen-bond donors (Lipinski definition) is 8. The van der Waals surface area contributed by atoms with Crippen LogP contribution in [0.3, 0.4) is 0 Å². The Kier molecular flexibility index (Phi) is 15.4. The van der Waals surface area contributed by atoms with Gasteiger partial charge in [-0.3, -0.25) is 24.0 Å². The SMILES string of the molecule is CSCC[C@H](NC(=O)[C@H](C)N)C(=O)N[C@H](C(=O)N[C@@H](CO)C(=O)N[C@@H](CCC(=O)O)C(=O)O)C(C)C. The van der Waals surface area contributed by atoms with Gasteiger partial charge in [-0.25, -0.2) is 4.79 Å². The van der Waals surface area contributed by atoms with Gasteiger partial charge in [0.05, 0.1) is 12.6 Å². The normalized spacial score (nSPS) is 15.1. The van der Waals surface area contributed by atoms with Gasteiger partial charge >= 0.3 is 11.9 Å². The van der Waals surface area contributed by atoms with E-state index in [4.69, 9.17) is 10.8 Å². The molecule has 0 radical (unpaired) electrons. The Balaban J connectivity index is 5.43. The van der Waals surface area contributed by atoms with E-state index in [9.17, 15) is 39.0 Å². The Bertz CT molecular complexity index is 794. The lowest BCUT2D eigenvalue weighted by Gasteiger charge is -2.27. The van der Waals surface area contributed by atoms with Crippen LogP contribution < -0.4 is 27.0 Å². The largest absolute Gasteiger partial charge is 0.481 e. The van der Waals surface area contributed by atoms with Gasteiger partial charge in [0, 0.05) is 6.42 Å². The molecule has 0 rings (SSSR count). The van der Waals surface area contributed by atoms with Gasteiger partial charge in [0.1, 0.15) is 24.2 Å². The first-order valence-electron chi connectivity index (χ1n) is 11.3. The molecule has 5 atom stereocenters. The van der Waals surface area contributed by atoms with E-state index in [1.54, 1.807) is 13.8 Å². The second kappa shape index (κ2) is 16.7. The van der Waals surface area contributed by atoms with E-state index in [0.717, 1.165) is 0 Å². The highest BCUT2D eigenvalue weighted by molar-refractivity contribution is 7.98. The zero-order chi connectivity index (χ0) is 28.0. The summed E-state index contributed by atoms with van der Waals surface area (Å²) in [7, 11) is 0. The molecule has 0 fully saturated rings. The van der Waals surface area contributed by atoms with Crippen molar-refractivity contribution in [2.24, 2.45) is 11.7 Å². The number of thioether (sulfide) groups is 1. The van der Waals surface area contributed by atoms with Crippen LogP contribution in [-0.2, 0) is 28.8 Å². The number of aliphatic hydroxyl groups excluding tert-OH is 1. The maximum Gasteiger partial charge on any atom is 0.326 e. The first-order chi connectivity index (χ1) is 16.7. The summed E-state index contributed by atoms with van der Waals surface area (Å²) in [5, 5.41) is 36.9. The van der Waals surface area contributed by atoms with Crippen molar-refractivity contribution in [2.75, 3.05) is 18.6 Å². The van der Waals surface area contributed by atoms with Crippen molar-refractivity contribution in [2.45, 2.75) is 70.2 Å². The fourth-order valence-electron chi connectivity index (χ4n) is 2.85. The van der Waals surface area contributed by atoms with Gasteiger partial charge in [-0.2, -0.15) is 11.8 Å². The predicted octanol–water partition coefficient (Wildman–Crippen LogP) is -2.38. The van der Waals surface area contributed by atoms with Crippen LogP contribution in [0.25, 0.3) is 0 Å². The molecule has 0 aromatic heterocycles. The number of hydrogen-bond acceptors (Lipinski definition) is 9. The molecule has 0 aliphatic rings. The molecule has 4 amide bonds. The highest BCUT2D eigenvalue weighted by Gasteiger charge is 2.32. The van der Waals surface area contributed by atoms with Crippen LogP contribution in [0.15, 0.2) is 0 Å². The van der Waals surface area contributed by atoms with Crippen LogP contribution in [0.2, 0.25) is 0 Å². The van der Waals surface area contributed by atoms with Crippen LogP contribution in [0.5, 0.6) is 0 Å². The summed E-state index contributed by atoms with van der Waals surface area (Å²) in [5.41, 5.74) is 5.56. The molecular formula is C21H37N5O9S. The predicted molar refractivity (Wildman–Crippen MR) is 131 cm³/mol. The van der Waals surface area contributed by atoms with Gasteiger partial charge in [-0.1, -0.05) is 13.8 Å². The number of carboxylic acids is 2. The minimum absolute atomic E-state index is 0.270. The molecule has 0 aliphatic carbocycles. The van der Waals surface area contributed by atoms with Gasteiger partial charge in [0.15, 0.2) is 0 Å². The van der Waals surface area contributed by atoms with Crippen molar-refractivity contribution in [3.8, 4) is 0 Å². The quantitative estimate of drug-likeness (QED) is 0.0978. The van der Waals surface area contributed by atoms with Gasteiger partial charge in [-0.05, 0) is 37.7 Å². The minimum Gasteiger partial charge on any atom is -0.481 e. The number of nitrogens with one attached hydrogen (secondary N) is 4. The summed E-state index contributed by atoms with van der Waals surface area (Å²) < 4.78 is 0. The van der Waals surface area contributed by atoms with Crippen LogP contribution >= 0.6 is 11.8 Å². The van der Waals surface area contributed by atoms with Gasteiger partial charge in [-0.15, -0.1) is 0 Å². The second-order valence-corrected chi connectivity index (χ2v) is 9.42. The molecule has 0 aliphatic heterocycles. The van der Waals surface area contributed by atoms with E-state index in [1.807, 2.05) is 6.26 Å². The van der Waals surface area contributed by atoms with Gasteiger partial charge in [0.2, 0.25) is 23.6 Å². The van der Waals surface area contributed by atoms with E-state index < -0.39 is 91.1 Å². The molecule has 0 heterocycles. The summed E-state index contributed by atoms with van der Waals surface area (Å²) in [6.45, 7) is 3.83. The average molecular weight is 536 g/mol. The Morgan fingerprint density at radius 1 is 0.778 bits per heavy atom. The molecule has 0 saturated carbocycles. The number of nitrogens with two attached hydrogens (primary N) is 1. The Morgan fingerprint density at radius 2 is 1.31 bits per heavy atom. The zero-order valence-electron chi connectivity index (χ0n) is 20.8. The highest BCUT2D eigenvalue weighted by Crippen LogP contribution is 2.07. The molecule has 0 aromatic carbocycles. The third-order valence-electron chi connectivity index (χ3n) is 4.98. The molecule has 36 heavy (non-hydrogen) atoms. The van der Waals surface area contributed by atoms with E-state index in [0.29, 0.717) is 5.75 Å². The molecule has 0 unspecified atom stereocenters. The van der Waals surface area contributed by atoms with E-state index in [2.05, 4.69) is 21.3 Å². The molecule has 0 saturated heterocycles. The number of aliphatic carboxylic acids is 2. The number of carbonyl (C=O) groups is 6. The average Bonchev–Trinajstić information content (AvgIpc) is 2.79. The van der Waals surface area contributed by atoms with Crippen molar-refractivity contribution >= 4 is 47.3 Å². The molecule has 9 N–H and O–H groups in total. The van der Waals surface area contributed by atoms with Crippen molar-refractivity contribution < 1.29 is 44.1 Å². The summed E-state index contributed by atoms with van der Waals surface area (Å²) in [5.74, 6) is -5.73. The Hall–Kier alpha value is -2.91. The maximum absolute atomic E-state index is 12.9. The molecule has 15 heteroatoms. The van der Waals surface area contributed by atoms with Crippen molar-refractivity contribution in [1.29, 1.82) is 0 Å². The van der Waals surface area contributed by atoms with E-state index in [-0.39, 0.29) is 6.42 Å². The van der Waals surface area contributed by atoms with Crippen LogP contribution in [0, 0.1) is 5.92 Å². The summed E-state index contributed by atoms with van der Waals surface area (Å²) in [6, 6.07) is -6.09. The first kappa shape index (κ1) is 33.1. The number of aliphatic hydroxyl groups is 1. The van der Waals surface area contributed by atoms with Crippen LogP contribution in [0.4, 0.5) is 0 Å². The van der Waals surface area contributed by atoms with Crippen molar-refractivity contribution in [3.05, 3.63) is 0 Å². The lowest BCUT2D eigenvalue weighted by atomic mass is 10.0. The minimum atomic E-state index is -1.56. The zero-order valence-corrected chi connectivity index (χ0v) is 21.6. The number of amides is 4. The number of carbonyl (C=O) groups excluding carboxylic acids is 4. The smallest absolute Gasteiger partial charge is 0.326 e. The Morgan fingerprint density at radius 3 is 1.75 bits per heavy atom. The van der Waals surface area contributed by atoms with Crippen molar-refractivity contribution in [3.63, 3.8) is 0 Å². The molecule has 0 aromatic rings. The highest BCUT2D eigenvalue weighted by atomic mass is 32.2. The second-order valence-electron chi connectivity index (χ2n) is 8.44. The lowest BCUT2D eigenvalue weighted by molar-refractivity contribution is -0.143. The van der Waals surface area contributed by atoms with Crippen molar-refractivity contribution in [1.82, 2.24) is 21.3 Å². The lowest BCUT2D eigenvalue weighted by Crippen LogP contribution is -2.60. The molecule has 0 spiro atoms. The number of carboxylic acid groups (broad SMARTS) is 2. The van der Waals surface area contributed by atoms with Gasteiger partial charge < -0.3 is 42.3 Å². The number of rotatable bonds is 17.